The molecule has 0 bridgehead atoms. The SMILES string of the molecule is COCCONC(=O)[C@H]1[C@@H](C(=O)O)C1(C)C. The van der Waals surface area contributed by atoms with E-state index in [4.69, 9.17) is 14.7 Å². The lowest BCUT2D eigenvalue weighted by molar-refractivity contribution is -0.143. The van der Waals surface area contributed by atoms with Crippen molar-refractivity contribution in [2.24, 2.45) is 17.3 Å². The Balaban J connectivity index is 2.36. The van der Waals surface area contributed by atoms with E-state index in [-0.39, 0.29) is 12.5 Å². The molecule has 92 valence electrons. The number of carbonyl (C=O) groups is 2. The van der Waals surface area contributed by atoms with Gasteiger partial charge >= 0.3 is 5.97 Å². The largest absolute Gasteiger partial charge is 0.481 e. The highest BCUT2D eigenvalue weighted by Crippen LogP contribution is 2.58. The molecule has 1 aliphatic carbocycles. The number of hydroxylamine groups is 1. The predicted molar refractivity (Wildman–Crippen MR) is 54.4 cm³/mol. The fourth-order valence-corrected chi connectivity index (χ4v) is 1.90. The van der Waals surface area contributed by atoms with E-state index in [1.807, 2.05) is 0 Å². The Bertz CT molecular complexity index is 289. The number of ether oxygens (including phenoxy) is 1. The summed E-state index contributed by atoms with van der Waals surface area (Å²) in [6.07, 6.45) is 0. The third-order valence-electron chi connectivity index (χ3n) is 2.94. The molecule has 1 fully saturated rings. The molecule has 0 aromatic rings. The van der Waals surface area contributed by atoms with Crippen LogP contribution >= 0.6 is 0 Å². The van der Waals surface area contributed by atoms with Gasteiger partial charge in [0.05, 0.1) is 25.0 Å². The van der Waals surface area contributed by atoms with Gasteiger partial charge in [-0.15, -0.1) is 0 Å². The van der Waals surface area contributed by atoms with Crippen LogP contribution in [0.1, 0.15) is 13.8 Å². The first-order valence-electron chi connectivity index (χ1n) is 5.06. The number of methoxy groups -OCH3 is 1. The summed E-state index contributed by atoms with van der Waals surface area (Å²) in [5.41, 5.74) is 1.74. The summed E-state index contributed by atoms with van der Waals surface area (Å²) < 4.78 is 4.73. The molecule has 0 saturated heterocycles. The minimum absolute atomic E-state index is 0.243. The lowest BCUT2D eigenvalue weighted by Crippen LogP contribution is -2.28. The van der Waals surface area contributed by atoms with Crippen LogP contribution in [0.4, 0.5) is 0 Å². The quantitative estimate of drug-likeness (QED) is 0.498. The number of amides is 1. The Morgan fingerprint density at radius 2 is 1.94 bits per heavy atom. The number of carboxylic acid groups (broad SMARTS) is 1. The average molecular weight is 231 g/mol. The normalized spacial score (nSPS) is 26.2. The number of hydrogen-bond acceptors (Lipinski definition) is 4. The van der Waals surface area contributed by atoms with Gasteiger partial charge in [0.15, 0.2) is 0 Å². The molecule has 16 heavy (non-hydrogen) atoms. The van der Waals surface area contributed by atoms with Crippen LogP contribution in [-0.4, -0.2) is 37.3 Å². The van der Waals surface area contributed by atoms with Crippen molar-refractivity contribution in [3.05, 3.63) is 0 Å². The van der Waals surface area contributed by atoms with Crippen molar-refractivity contribution in [1.82, 2.24) is 5.48 Å². The van der Waals surface area contributed by atoms with E-state index in [9.17, 15) is 9.59 Å². The van der Waals surface area contributed by atoms with Gasteiger partial charge in [-0.1, -0.05) is 13.8 Å². The second-order valence-electron chi connectivity index (χ2n) is 4.42. The van der Waals surface area contributed by atoms with E-state index in [0.29, 0.717) is 6.61 Å². The fourth-order valence-electron chi connectivity index (χ4n) is 1.90. The summed E-state index contributed by atoms with van der Waals surface area (Å²) in [6, 6.07) is 0. The number of carboxylic acids is 1. The zero-order chi connectivity index (χ0) is 12.3. The minimum atomic E-state index is -0.943. The molecule has 2 atom stereocenters. The van der Waals surface area contributed by atoms with Crippen LogP contribution in [0.5, 0.6) is 0 Å². The van der Waals surface area contributed by atoms with E-state index in [0.717, 1.165) is 0 Å². The first kappa shape index (κ1) is 12.9. The van der Waals surface area contributed by atoms with Gasteiger partial charge in [-0.25, -0.2) is 5.48 Å². The van der Waals surface area contributed by atoms with Gasteiger partial charge in [0.25, 0.3) is 0 Å². The fraction of sp³-hybridized carbons (Fsp3) is 0.800. The molecule has 0 aliphatic heterocycles. The molecule has 6 heteroatoms. The van der Waals surface area contributed by atoms with Gasteiger partial charge in [-0.3, -0.25) is 14.4 Å². The van der Waals surface area contributed by atoms with E-state index < -0.39 is 23.2 Å². The highest BCUT2D eigenvalue weighted by Gasteiger charge is 2.66. The molecular formula is C10H17NO5. The smallest absolute Gasteiger partial charge is 0.307 e. The summed E-state index contributed by atoms with van der Waals surface area (Å²) in [6.45, 7) is 4.13. The van der Waals surface area contributed by atoms with E-state index in [1.54, 1.807) is 13.8 Å². The molecule has 0 aromatic carbocycles. The van der Waals surface area contributed by atoms with Crippen LogP contribution in [0, 0.1) is 17.3 Å². The summed E-state index contributed by atoms with van der Waals surface area (Å²) in [5, 5.41) is 8.88. The summed E-state index contributed by atoms with van der Waals surface area (Å²) in [4.78, 5) is 27.2. The third-order valence-corrected chi connectivity index (χ3v) is 2.94. The molecule has 1 aliphatic rings. The molecule has 0 radical (unpaired) electrons. The van der Waals surface area contributed by atoms with Crippen LogP contribution in [0.15, 0.2) is 0 Å². The van der Waals surface area contributed by atoms with Gasteiger partial charge in [-0.05, 0) is 5.41 Å². The van der Waals surface area contributed by atoms with Crippen LogP contribution in [0.25, 0.3) is 0 Å². The number of aliphatic carboxylic acids is 1. The summed E-state index contributed by atoms with van der Waals surface area (Å²) in [7, 11) is 1.52. The Kier molecular flexibility index (Phi) is 3.88. The van der Waals surface area contributed by atoms with Crippen molar-refractivity contribution in [2.75, 3.05) is 20.3 Å². The number of nitrogens with one attached hydrogen (secondary N) is 1. The standard InChI is InChI=1S/C10H17NO5/c1-10(2)6(7(10)9(13)14)8(12)11-16-5-4-15-3/h6-7H,4-5H2,1-3H3,(H,11,12)(H,13,14)/t6-,7+/m1/s1. The Morgan fingerprint density at radius 1 is 1.31 bits per heavy atom. The van der Waals surface area contributed by atoms with E-state index >= 15 is 0 Å². The first-order chi connectivity index (χ1) is 7.42. The molecule has 1 amide bonds. The molecule has 0 spiro atoms. The number of carbonyl (C=O) groups excluding carboxylic acids is 1. The number of hydrogen-bond donors (Lipinski definition) is 2. The van der Waals surface area contributed by atoms with Gasteiger partial charge < -0.3 is 9.84 Å². The van der Waals surface area contributed by atoms with Crippen molar-refractivity contribution in [2.45, 2.75) is 13.8 Å². The molecule has 2 N–H and O–H groups in total. The van der Waals surface area contributed by atoms with Gasteiger partial charge in [0.1, 0.15) is 0 Å². The van der Waals surface area contributed by atoms with Crippen LogP contribution < -0.4 is 5.48 Å². The Morgan fingerprint density at radius 3 is 2.38 bits per heavy atom. The summed E-state index contributed by atoms with van der Waals surface area (Å²) in [5.74, 6) is -2.47. The molecule has 0 unspecified atom stereocenters. The topological polar surface area (TPSA) is 84.9 Å². The lowest BCUT2D eigenvalue weighted by Gasteiger charge is -2.05. The molecular weight excluding hydrogens is 214 g/mol. The second-order valence-corrected chi connectivity index (χ2v) is 4.42. The average Bonchev–Trinajstić information content (AvgIpc) is 2.76. The first-order valence-corrected chi connectivity index (χ1v) is 5.06. The zero-order valence-electron chi connectivity index (χ0n) is 9.65. The van der Waals surface area contributed by atoms with E-state index in [1.165, 1.54) is 7.11 Å². The van der Waals surface area contributed by atoms with Crippen molar-refractivity contribution in [1.29, 1.82) is 0 Å². The Labute approximate surface area is 93.9 Å². The molecule has 1 saturated carbocycles. The maximum absolute atomic E-state index is 11.6. The molecule has 6 nitrogen and oxygen atoms in total. The monoisotopic (exact) mass is 231 g/mol. The molecule has 0 aromatic heterocycles. The number of rotatable bonds is 6. The highest BCUT2D eigenvalue weighted by atomic mass is 16.7. The molecule has 0 heterocycles. The zero-order valence-corrected chi connectivity index (χ0v) is 9.65. The second kappa shape index (κ2) is 4.80. The van der Waals surface area contributed by atoms with Crippen molar-refractivity contribution < 1.29 is 24.3 Å². The van der Waals surface area contributed by atoms with Crippen molar-refractivity contribution in [3.63, 3.8) is 0 Å². The Hall–Kier alpha value is -1.14. The van der Waals surface area contributed by atoms with Gasteiger partial charge in [-0.2, -0.15) is 0 Å². The summed E-state index contributed by atoms with van der Waals surface area (Å²) >= 11 is 0. The maximum Gasteiger partial charge on any atom is 0.307 e. The minimum Gasteiger partial charge on any atom is -0.481 e. The molecule has 1 rings (SSSR count). The maximum atomic E-state index is 11.6. The van der Waals surface area contributed by atoms with Crippen LogP contribution in [0.3, 0.4) is 0 Å². The van der Waals surface area contributed by atoms with Gasteiger partial charge in [0.2, 0.25) is 5.91 Å². The van der Waals surface area contributed by atoms with Gasteiger partial charge in [0, 0.05) is 7.11 Å². The van der Waals surface area contributed by atoms with E-state index in [2.05, 4.69) is 5.48 Å². The van der Waals surface area contributed by atoms with Crippen molar-refractivity contribution >= 4 is 11.9 Å². The van der Waals surface area contributed by atoms with Crippen LogP contribution in [-0.2, 0) is 19.2 Å². The predicted octanol–water partition coefficient (Wildman–Crippen LogP) is 0.0374. The van der Waals surface area contributed by atoms with Crippen LogP contribution in [0.2, 0.25) is 0 Å². The lowest BCUT2D eigenvalue weighted by atomic mass is 10.1. The van der Waals surface area contributed by atoms with Crippen molar-refractivity contribution in [3.8, 4) is 0 Å². The highest BCUT2D eigenvalue weighted by molar-refractivity contribution is 5.91. The third kappa shape index (κ3) is 2.51.